The van der Waals surface area contributed by atoms with E-state index in [0.717, 1.165) is 66.5 Å². The monoisotopic (exact) mass is 504 g/mol. The highest BCUT2D eigenvalue weighted by atomic mass is 32.2. The van der Waals surface area contributed by atoms with Crippen LogP contribution in [-0.2, 0) is 30.1 Å². The van der Waals surface area contributed by atoms with Crippen LogP contribution in [-0.4, -0.2) is 20.7 Å². The Labute approximate surface area is 216 Å². The number of benzene rings is 2. The Morgan fingerprint density at radius 1 is 0.944 bits per heavy atom. The van der Waals surface area contributed by atoms with Gasteiger partial charge in [-0.2, -0.15) is 0 Å². The van der Waals surface area contributed by atoms with E-state index in [4.69, 9.17) is 0 Å². The fourth-order valence-electron chi connectivity index (χ4n) is 7.13. The van der Waals surface area contributed by atoms with E-state index in [0.29, 0.717) is 12.3 Å². The Balaban J connectivity index is 1.16. The number of nitrogens with one attached hydrogen (secondary N) is 1. The van der Waals surface area contributed by atoms with Crippen LogP contribution >= 0.6 is 11.8 Å². The summed E-state index contributed by atoms with van der Waals surface area (Å²) in [6.45, 7) is 1.14. The van der Waals surface area contributed by atoms with Gasteiger partial charge in [-0.3, -0.25) is 4.79 Å². The molecule has 4 aliphatic carbocycles. The molecule has 1 aromatic heterocycles. The maximum atomic E-state index is 13.5. The van der Waals surface area contributed by atoms with E-state index in [-0.39, 0.29) is 17.1 Å². The van der Waals surface area contributed by atoms with Crippen molar-refractivity contribution >= 4 is 17.7 Å². The molecule has 4 fully saturated rings. The standard InChI is InChI=1S/C29H33FN4OS/c30-25-8-6-21(7-9-25)19-36-28-33-32-26(34(28)11-10-20-4-2-1-3-5-20)18-31-27(35)29-15-22-12-23(16-29)14-24(13-22)17-29/h1-9,22-24H,10-19H2,(H,31,35). The second-order valence-electron chi connectivity index (χ2n) is 11.1. The number of aryl methyl sites for hydroxylation is 1. The van der Waals surface area contributed by atoms with Crippen LogP contribution in [0.3, 0.4) is 0 Å². The van der Waals surface area contributed by atoms with Crippen LogP contribution in [0.4, 0.5) is 4.39 Å². The van der Waals surface area contributed by atoms with Gasteiger partial charge in [-0.15, -0.1) is 10.2 Å². The van der Waals surface area contributed by atoms with Gasteiger partial charge < -0.3 is 9.88 Å². The molecule has 2 aromatic carbocycles. The lowest BCUT2D eigenvalue weighted by Crippen LogP contribution is -2.53. The van der Waals surface area contributed by atoms with Crippen LogP contribution in [0.5, 0.6) is 0 Å². The molecule has 4 aliphatic rings. The first-order chi connectivity index (χ1) is 17.6. The lowest BCUT2D eigenvalue weighted by atomic mass is 9.49. The quantitative estimate of drug-likeness (QED) is 0.375. The van der Waals surface area contributed by atoms with E-state index in [9.17, 15) is 9.18 Å². The maximum absolute atomic E-state index is 13.5. The number of amides is 1. The Kier molecular flexibility index (Phi) is 6.59. The number of hydrogen-bond acceptors (Lipinski definition) is 4. The fraction of sp³-hybridized carbons (Fsp3) is 0.483. The largest absolute Gasteiger partial charge is 0.348 e. The van der Waals surface area contributed by atoms with Crippen LogP contribution < -0.4 is 5.32 Å². The first kappa shape index (κ1) is 23.7. The molecule has 1 N–H and O–H groups in total. The molecule has 5 nitrogen and oxygen atoms in total. The molecular formula is C29H33FN4OS. The molecule has 0 saturated heterocycles. The van der Waals surface area contributed by atoms with Crippen molar-refractivity contribution in [1.82, 2.24) is 20.1 Å². The maximum Gasteiger partial charge on any atom is 0.226 e. The number of carbonyl (C=O) groups is 1. The Morgan fingerprint density at radius 3 is 2.28 bits per heavy atom. The number of rotatable bonds is 9. The van der Waals surface area contributed by atoms with Crippen LogP contribution in [0.1, 0.15) is 55.5 Å². The zero-order valence-electron chi connectivity index (χ0n) is 20.5. The molecule has 4 bridgehead atoms. The van der Waals surface area contributed by atoms with Crippen molar-refractivity contribution in [2.45, 2.75) is 68.9 Å². The van der Waals surface area contributed by atoms with E-state index in [2.05, 4.69) is 44.3 Å². The van der Waals surface area contributed by atoms with Gasteiger partial charge in [-0.25, -0.2) is 4.39 Å². The topological polar surface area (TPSA) is 59.8 Å². The summed E-state index contributed by atoms with van der Waals surface area (Å²) in [6.07, 6.45) is 8.02. The first-order valence-corrected chi connectivity index (χ1v) is 14.2. The number of carbonyl (C=O) groups excluding carboxylic acids is 1. The molecule has 1 amide bonds. The molecule has 0 atom stereocenters. The van der Waals surface area contributed by atoms with E-state index in [1.807, 2.05) is 6.07 Å². The predicted octanol–water partition coefficient (Wildman–Crippen LogP) is 5.78. The highest BCUT2D eigenvalue weighted by Crippen LogP contribution is 2.60. The number of hydrogen-bond donors (Lipinski definition) is 1. The molecule has 0 spiro atoms. The zero-order valence-corrected chi connectivity index (χ0v) is 21.4. The Morgan fingerprint density at radius 2 is 1.61 bits per heavy atom. The summed E-state index contributed by atoms with van der Waals surface area (Å²) < 4.78 is 15.4. The van der Waals surface area contributed by atoms with Gasteiger partial charge in [0.1, 0.15) is 5.82 Å². The summed E-state index contributed by atoms with van der Waals surface area (Å²) in [5.74, 6) is 3.70. The van der Waals surface area contributed by atoms with Crippen LogP contribution in [0.25, 0.3) is 0 Å². The van der Waals surface area contributed by atoms with Crippen molar-refractivity contribution in [1.29, 1.82) is 0 Å². The summed E-state index contributed by atoms with van der Waals surface area (Å²) in [4.78, 5) is 13.5. The van der Waals surface area contributed by atoms with Crippen molar-refractivity contribution in [3.63, 3.8) is 0 Å². The molecule has 4 saturated carbocycles. The third-order valence-corrected chi connectivity index (χ3v) is 9.51. The summed E-state index contributed by atoms with van der Waals surface area (Å²) in [6, 6.07) is 17.0. The Hall–Kier alpha value is -2.67. The van der Waals surface area contributed by atoms with Gasteiger partial charge in [0.15, 0.2) is 11.0 Å². The minimum atomic E-state index is -0.230. The van der Waals surface area contributed by atoms with Gasteiger partial charge >= 0.3 is 0 Å². The molecule has 188 valence electrons. The molecular weight excluding hydrogens is 471 g/mol. The van der Waals surface area contributed by atoms with Crippen LogP contribution in [0.2, 0.25) is 0 Å². The third kappa shape index (κ3) is 4.95. The lowest BCUT2D eigenvalue weighted by molar-refractivity contribution is -0.146. The zero-order chi connectivity index (χ0) is 24.5. The highest BCUT2D eigenvalue weighted by molar-refractivity contribution is 7.98. The summed E-state index contributed by atoms with van der Waals surface area (Å²) >= 11 is 1.60. The molecule has 7 heteroatoms. The predicted molar refractivity (Wildman–Crippen MR) is 139 cm³/mol. The molecule has 7 rings (SSSR count). The molecule has 0 unspecified atom stereocenters. The van der Waals surface area contributed by atoms with Crippen LogP contribution in [0.15, 0.2) is 59.8 Å². The second kappa shape index (κ2) is 10.0. The molecule has 36 heavy (non-hydrogen) atoms. The number of thioether (sulfide) groups is 1. The lowest BCUT2D eigenvalue weighted by Gasteiger charge is -2.55. The minimum absolute atomic E-state index is 0.163. The average Bonchev–Trinajstić information content (AvgIpc) is 3.27. The van der Waals surface area contributed by atoms with Gasteiger partial charge in [0.05, 0.1) is 6.54 Å². The first-order valence-electron chi connectivity index (χ1n) is 13.2. The molecule has 3 aromatic rings. The number of aromatic nitrogens is 3. The SMILES string of the molecule is O=C(NCc1nnc(SCc2ccc(F)cc2)n1CCc1ccccc1)C12CC3CC(CC(C3)C1)C2. The van der Waals surface area contributed by atoms with Crippen molar-refractivity contribution in [2.24, 2.45) is 23.2 Å². The van der Waals surface area contributed by atoms with E-state index >= 15 is 0 Å². The normalized spacial score (nSPS) is 26.3. The third-order valence-electron chi connectivity index (χ3n) is 8.47. The van der Waals surface area contributed by atoms with E-state index < -0.39 is 0 Å². The van der Waals surface area contributed by atoms with Crippen molar-refractivity contribution in [3.8, 4) is 0 Å². The Bertz CT molecular complexity index is 1170. The highest BCUT2D eigenvalue weighted by Gasteiger charge is 2.54. The summed E-state index contributed by atoms with van der Waals surface area (Å²) in [5.41, 5.74) is 2.13. The number of halogens is 1. The smallest absolute Gasteiger partial charge is 0.226 e. The second-order valence-corrected chi connectivity index (χ2v) is 12.0. The van der Waals surface area contributed by atoms with E-state index in [1.165, 1.54) is 37.0 Å². The molecule has 1 heterocycles. The van der Waals surface area contributed by atoms with Gasteiger partial charge in [0.2, 0.25) is 5.91 Å². The van der Waals surface area contributed by atoms with Crippen molar-refractivity contribution in [2.75, 3.05) is 0 Å². The minimum Gasteiger partial charge on any atom is -0.348 e. The molecule has 0 radical (unpaired) electrons. The van der Waals surface area contributed by atoms with Crippen molar-refractivity contribution < 1.29 is 9.18 Å². The van der Waals surface area contributed by atoms with E-state index in [1.54, 1.807) is 23.9 Å². The van der Waals surface area contributed by atoms with Crippen molar-refractivity contribution in [3.05, 3.63) is 77.4 Å². The average molecular weight is 505 g/mol. The summed E-state index contributed by atoms with van der Waals surface area (Å²) in [7, 11) is 0. The molecule has 0 aliphatic heterocycles. The van der Waals surface area contributed by atoms with Gasteiger partial charge in [-0.1, -0.05) is 54.2 Å². The van der Waals surface area contributed by atoms with Gasteiger partial charge in [0.25, 0.3) is 0 Å². The summed E-state index contributed by atoms with van der Waals surface area (Å²) in [5, 5.41) is 13.1. The fourth-order valence-corrected chi connectivity index (χ4v) is 8.07. The van der Waals surface area contributed by atoms with Gasteiger partial charge in [-0.05, 0) is 86.0 Å². The van der Waals surface area contributed by atoms with Gasteiger partial charge in [0, 0.05) is 17.7 Å². The van der Waals surface area contributed by atoms with Crippen LogP contribution in [0, 0.1) is 29.0 Å². The number of nitrogens with zero attached hydrogens (tertiary/aromatic N) is 3.